The summed E-state index contributed by atoms with van der Waals surface area (Å²) in [5, 5.41) is 0. The SMILES string of the molecule is CCO[B-](OC)(OC)Oc1ccccc1.[Li+]. The van der Waals surface area contributed by atoms with Gasteiger partial charge in [0.05, 0.1) is 5.75 Å². The molecule has 6 heteroatoms. The Morgan fingerprint density at radius 3 is 2.06 bits per heavy atom. The van der Waals surface area contributed by atoms with Gasteiger partial charge in [-0.1, -0.05) is 18.2 Å². The van der Waals surface area contributed by atoms with E-state index in [9.17, 15) is 0 Å². The average Bonchev–Trinajstić information content (AvgIpc) is 2.30. The molecule has 0 amide bonds. The molecule has 84 valence electrons. The van der Waals surface area contributed by atoms with Crippen molar-refractivity contribution < 1.29 is 37.5 Å². The zero-order valence-corrected chi connectivity index (χ0v) is 10.3. The van der Waals surface area contributed by atoms with E-state index < -0.39 is 6.96 Å². The van der Waals surface area contributed by atoms with Gasteiger partial charge < -0.3 is 18.6 Å². The van der Waals surface area contributed by atoms with Gasteiger partial charge in [-0.15, -0.1) is 0 Å². The largest absolute Gasteiger partial charge is 1.00 e. The summed E-state index contributed by atoms with van der Waals surface area (Å²) in [7, 11) is 2.98. The number of para-hydroxylation sites is 1. The Morgan fingerprint density at radius 2 is 1.62 bits per heavy atom. The van der Waals surface area contributed by atoms with Crippen molar-refractivity contribution in [3.8, 4) is 5.75 Å². The third-order valence-electron chi connectivity index (χ3n) is 1.97. The summed E-state index contributed by atoms with van der Waals surface area (Å²) < 4.78 is 21.1. The van der Waals surface area contributed by atoms with Crippen molar-refractivity contribution in [2.75, 3.05) is 20.8 Å². The molecule has 16 heavy (non-hydrogen) atoms. The molecule has 0 aliphatic carbocycles. The molecule has 1 aromatic rings. The minimum Gasteiger partial charge on any atom is -0.645 e. The van der Waals surface area contributed by atoms with E-state index in [1.807, 2.05) is 37.3 Å². The second kappa shape index (κ2) is 7.77. The third kappa shape index (κ3) is 4.20. The van der Waals surface area contributed by atoms with Crippen LogP contribution in [-0.2, 0) is 14.0 Å². The Hall–Kier alpha value is -0.438. The predicted octanol–water partition coefficient (Wildman–Crippen LogP) is -1.17. The molecule has 0 heterocycles. The monoisotopic (exact) mass is 218 g/mol. The van der Waals surface area contributed by atoms with Crippen LogP contribution >= 0.6 is 0 Å². The summed E-state index contributed by atoms with van der Waals surface area (Å²) in [5.41, 5.74) is 0. The van der Waals surface area contributed by atoms with Crippen LogP contribution in [0.15, 0.2) is 30.3 Å². The first-order valence-corrected chi connectivity index (χ1v) is 4.87. The zero-order chi connectivity index (χ0) is 11.1. The number of hydrogen-bond donors (Lipinski definition) is 0. The quantitative estimate of drug-likeness (QED) is 0.564. The van der Waals surface area contributed by atoms with Gasteiger partial charge in [-0.3, -0.25) is 0 Å². The van der Waals surface area contributed by atoms with Crippen LogP contribution in [0.1, 0.15) is 6.92 Å². The topological polar surface area (TPSA) is 36.9 Å². The minimum absolute atomic E-state index is 0. The van der Waals surface area contributed by atoms with Crippen molar-refractivity contribution in [2.45, 2.75) is 6.92 Å². The number of rotatable bonds is 6. The summed E-state index contributed by atoms with van der Waals surface area (Å²) in [5.74, 6) is 0.648. The van der Waals surface area contributed by atoms with Crippen LogP contribution in [0.2, 0.25) is 0 Å². The van der Waals surface area contributed by atoms with Gasteiger partial charge in [0.1, 0.15) is 0 Å². The number of benzene rings is 1. The minimum atomic E-state index is -2.15. The molecule has 0 saturated carbocycles. The van der Waals surface area contributed by atoms with E-state index in [0.717, 1.165) is 0 Å². The molecule has 1 aromatic carbocycles. The maximum atomic E-state index is 5.54. The van der Waals surface area contributed by atoms with Gasteiger partial charge in [0, 0.05) is 6.61 Å². The molecular formula is C10H16BLiO4. The molecule has 0 bridgehead atoms. The van der Waals surface area contributed by atoms with Crippen LogP contribution in [0, 0.1) is 0 Å². The maximum absolute atomic E-state index is 5.54. The first-order chi connectivity index (χ1) is 7.26. The molecule has 0 aliphatic rings. The summed E-state index contributed by atoms with van der Waals surface area (Å²) in [4.78, 5) is 0. The second-order valence-electron chi connectivity index (χ2n) is 2.94. The summed E-state index contributed by atoms with van der Waals surface area (Å²) in [6.07, 6.45) is 0. The van der Waals surface area contributed by atoms with Crippen LogP contribution in [0.4, 0.5) is 0 Å². The molecule has 0 spiro atoms. The molecule has 0 aromatic heterocycles. The normalized spacial score (nSPS) is 10.7. The summed E-state index contributed by atoms with van der Waals surface area (Å²) in [6, 6.07) is 9.27. The van der Waals surface area contributed by atoms with Gasteiger partial charge in [-0.25, -0.2) is 0 Å². The van der Waals surface area contributed by atoms with Crippen molar-refractivity contribution in [1.29, 1.82) is 0 Å². The van der Waals surface area contributed by atoms with Gasteiger partial charge in [0.25, 0.3) is 0 Å². The van der Waals surface area contributed by atoms with Crippen LogP contribution in [0.5, 0.6) is 5.75 Å². The Balaban J connectivity index is 0.00000225. The van der Waals surface area contributed by atoms with Gasteiger partial charge in [0.2, 0.25) is 0 Å². The Morgan fingerprint density at radius 1 is 1.06 bits per heavy atom. The van der Waals surface area contributed by atoms with E-state index in [1.54, 1.807) is 0 Å². The third-order valence-corrected chi connectivity index (χ3v) is 1.97. The van der Waals surface area contributed by atoms with Crippen molar-refractivity contribution in [3.63, 3.8) is 0 Å². The molecule has 0 atom stereocenters. The first kappa shape index (κ1) is 15.6. The average molecular weight is 218 g/mol. The van der Waals surface area contributed by atoms with Crippen LogP contribution in [-0.4, -0.2) is 27.8 Å². The van der Waals surface area contributed by atoms with E-state index in [2.05, 4.69) is 0 Å². The van der Waals surface area contributed by atoms with Crippen molar-refractivity contribution in [2.24, 2.45) is 0 Å². The molecule has 4 nitrogen and oxygen atoms in total. The Kier molecular flexibility index (Phi) is 7.56. The van der Waals surface area contributed by atoms with Crippen molar-refractivity contribution in [1.82, 2.24) is 0 Å². The van der Waals surface area contributed by atoms with E-state index in [-0.39, 0.29) is 18.9 Å². The molecule has 0 radical (unpaired) electrons. The fourth-order valence-electron chi connectivity index (χ4n) is 1.23. The summed E-state index contributed by atoms with van der Waals surface area (Å²) >= 11 is 0. The Bertz CT molecular complexity index is 279. The zero-order valence-electron chi connectivity index (χ0n) is 10.3. The van der Waals surface area contributed by atoms with Crippen LogP contribution < -0.4 is 23.5 Å². The van der Waals surface area contributed by atoms with Crippen LogP contribution in [0.3, 0.4) is 0 Å². The molecule has 0 saturated heterocycles. The standard InChI is InChI=1S/C10H16BO4.Li/c1-4-14-11(12-2,13-3)15-10-8-6-5-7-9-10;/h5-9H,4H2,1-3H3;/q-1;+1. The molecule has 0 fully saturated rings. The van der Waals surface area contributed by atoms with Gasteiger partial charge in [-0.05, 0) is 33.3 Å². The molecular weight excluding hydrogens is 202 g/mol. The van der Waals surface area contributed by atoms with E-state index in [4.69, 9.17) is 18.6 Å². The Labute approximate surface area is 108 Å². The second-order valence-corrected chi connectivity index (χ2v) is 2.94. The van der Waals surface area contributed by atoms with E-state index in [1.165, 1.54) is 14.2 Å². The molecule has 0 unspecified atom stereocenters. The van der Waals surface area contributed by atoms with E-state index in [0.29, 0.717) is 12.4 Å². The van der Waals surface area contributed by atoms with Crippen LogP contribution in [0.25, 0.3) is 0 Å². The van der Waals surface area contributed by atoms with Gasteiger partial charge in [0.15, 0.2) is 0 Å². The molecule has 0 aliphatic heterocycles. The molecule has 1 rings (SSSR count). The van der Waals surface area contributed by atoms with Crippen molar-refractivity contribution >= 4 is 6.96 Å². The smallest absolute Gasteiger partial charge is 0.645 e. The number of hydrogen-bond acceptors (Lipinski definition) is 4. The molecule has 0 N–H and O–H groups in total. The van der Waals surface area contributed by atoms with Crippen molar-refractivity contribution in [3.05, 3.63) is 30.3 Å². The van der Waals surface area contributed by atoms with Gasteiger partial charge in [-0.2, -0.15) is 0 Å². The first-order valence-electron chi connectivity index (χ1n) is 4.87. The maximum Gasteiger partial charge on any atom is 1.00 e. The summed E-state index contributed by atoms with van der Waals surface area (Å²) in [6.45, 7) is 0.156. The fraction of sp³-hybridized carbons (Fsp3) is 0.400. The fourth-order valence-corrected chi connectivity index (χ4v) is 1.23. The predicted molar refractivity (Wildman–Crippen MR) is 58.5 cm³/mol. The van der Waals surface area contributed by atoms with Gasteiger partial charge >= 0.3 is 25.8 Å². The van der Waals surface area contributed by atoms with E-state index >= 15 is 0 Å².